The Morgan fingerprint density at radius 1 is 1.27 bits per heavy atom. The van der Waals surface area contributed by atoms with Crippen molar-refractivity contribution in [3.05, 3.63) is 35.4 Å². The van der Waals surface area contributed by atoms with E-state index in [9.17, 15) is 4.79 Å². The fourth-order valence-corrected chi connectivity index (χ4v) is 2.07. The van der Waals surface area contributed by atoms with Crippen molar-refractivity contribution in [3.8, 4) is 0 Å². The maximum Gasteiger partial charge on any atom is 0.243 e. The molecule has 1 amide bonds. The second-order valence-corrected chi connectivity index (χ2v) is 4.29. The van der Waals surface area contributed by atoms with Gasteiger partial charge in [0.2, 0.25) is 5.91 Å². The molecule has 2 atom stereocenters. The molecule has 15 heavy (non-hydrogen) atoms. The third kappa shape index (κ3) is 1.35. The number of carbonyl (C=O) groups is 1. The number of rotatable bonds is 1. The largest absolute Gasteiger partial charge is 0.273 e. The van der Waals surface area contributed by atoms with E-state index in [0.717, 1.165) is 17.7 Å². The van der Waals surface area contributed by atoms with Gasteiger partial charge in [0, 0.05) is 11.8 Å². The van der Waals surface area contributed by atoms with Gasteiger partial charge in [-0.3, -0.25) is 4.79 Å². The van der Waals surface area contributed by atoms with Gasteiger partial charge in [0.15, 0.2) is 0 Å². The molecule has 1 fully saturated rings. The average molecular weight is 200 g/mol. The van der Waals surface area contributed by atoms with Crippen molar-refractivity contribution in [1.29, 1.82) is 0 Å². The highest BCUT2D eigenvalue weighted by Gasteiger charge is 2.49. The molecule has 1 aromatic rings. The van der Waals surface area contributed by atoms with E-state index in [1.54, 1.807) is 0 Å². The van der Waals surface area contributed by atoms with Crippen LogP contribution in [0.5, 0.6) is 0 Å². The Labute approximate surface area is 88.2 Å². The number of benzene rings is 1. The summed E-state index contributed by atoms with van der Waals surface area (Å²) in [5, 5.41) is 4.15. The molecule has 1 aliphatic heterocycles. The van der Waals surface area contributed by atoms with Crippen molar-refractivity contribution in [3.63, 3.8) is 0 Å². The second-order valence-electron chi connectivity index (χ2n) is 4.29. The highest BCUT2D eigenvalue weighted by molar-refractivity contribution is 6.09. The smallest absolute Gasteiger partial charge is 0.243 e. The first-order chi connectivity index (χ1) is 7.25. The summed E-state index contributed by atoms with van der Waals surface area (Å²) < 4.78 is 0. The number of hydrogen-bond donors (Lipinski definition) is 1. The van der Waals surface area contributed by atoms with Gasteiger partial charge in [-0.15, -0.1) is 0 Å². The first-order valence-corrected chi connectivity index (χ1v) is 5.20. The van der Waals surface area contributed by atoms with Crippen molar-refractivity contribution in [2.45, 2.75) is 13.3 Å². The van der Waals surface area contributed by atoms with Crippen LogP contribution in [0.15, 0.2) is 29.4 Å². The minimum Gasteiger partial charge on any atom is -0.273 e. The minimum atomic E-state index is 0.0795. The Kier molecular flexibility index (Phi) is 1.69. The lowest BCUT2D eigenvalue weighted by Gasteiger charge is -2.11. The standard InChI is InChI=1S/C12H12N2O/c1-7-2-4-8(5-3-7)11-9-6-10(9)12(15)14-13-11/h2-5,9-10H,6H2,1H3,(H,14,15). The van der Waals surface area contributed by atoms with E-state index in [2.05, 4.69) is 41.7 Å². The SMILES string of the molecule is Cc1ccc(C2=NNC(=O)C3CC23)cc1. The molecular weight excluding hydrogens is 188 g/mol. The first-order valence-electron chi connectivity index (χ1n) is 5.20. The molecule has 76 valence electrons. The summed E-state index contributed by atoms with van der Waals surface area (Å²) in [6, 6.07) is 8.29. The average Bonchev–Trinajstić information content (AvgIpc) is 3.01. The van der Waals surface area contributed by atoms with E-state index in [4.69, 9.17) is 0 Å². The maximum atomic E-state index is 11.2. The Morgan fingerprint density at radius 3 is 2.73 bits per heavy atom. The van der Waals surface area contributed by atoms with Gasteiger partial charge < -0.3 is 0 Å². The van der Waals surface area contributed by atoms with Crippen LogP contribution in [0.4, 0.5) is 0 Å². The molecule has 1 aliphatic carbocycles. The first kappa shape index (κ1) is 8.65. The van der Waals surface area contributed by atoms with Crippen molar-refractivity contribution in [1.82, 2.24) is 5.43 Å². The summed E-state index contributed by atoms with van der Waals surface area (Å²) in [6.07, 6.45) is 0.957. The van der Waals surface area contributed by atoms with Crippen LogP contribution in [0.3, 0.4) is 0 Å². The summed E-state index contributed by atoms with van der Waals surface area (Å²) in [4.78, 5) is 11.2. The zero-order valence-electron chi connectivity index (χ0n) is 8.53. The molecule has 0 aromatic heterocycles. The third-order valence-electron chi connectivity index (χ3n) is 3.11. The summed E-state index contributed by atoms with van der Waals surface area (Å²) in [5.74, 6) is 0.621. The Hall–Kier alpha value is -1.64. The lowest BCUT2D eigenvalue weighted by atomic mass is 10.0. The number of nitrogens with zero attached hydrogens (tertiary/aromatic N) is 1. The van der Waals surface area contributed by atoms with Gasteiger partial charge in [-0.25, -0.2) is 5.43 Å². The quantitative estimate of drug-likeness (QED) is 0.732. The number of hydrazone groups is 1. The summed E-state index contributed by atoms with van der Waals surface area (Å²) >= 11 is 0. The van der Waals surface area contributed by atoms with Gasteiger partial charge in [-0.05, 0) is 18.9 Å². The molecule has 3 heteroatoms. The predicted molar refractivity (Wildman–Crippen MR) is 57.5 cm³/mol. The zero-order valence-corrected chi connectivity index (χ0v) is 8.53. The van der Waals surface area contributed by atoms with Crippen molar-refractivity contribution < 1.29 is 4.79 Å². The van der Waals surface area contributed by atoms with Crippen LogP contribution in [0.25, 0.3) is 0 Å². The van der Waals surface area contributed by atoms with Gasteiger partial charge in [-0.2, -0.15) is 5.10 Å². The Morgan fingerprint density at radius 2 is 2.00 bits per heavy atom. The molecule has 0 radical (unpaired) electrons. The Balaban J connectivity index is 1.95. The van der Waals surface area contributed by atoms with Gasteiger partial charge in [0.25, 0.3) is 0 Å². The molecule has 0 saturated heterocycles. The van der Waals surface area contributed by atoms with Crippen LogP contribution in [0.2, 0.25) is 0 Å². The fourth-order valence-electron chi connectivity index (χ4n) is 2.07. The van der Waals surface area contributed by atoms with Crippen LogP contribution in [-0.4, -0.2) is 11.6 Å². The highest BCUT2D eigenvalue weighted by Crippen LogP contribution is 2.43. The fraction of sp³-hybridized carbons (Fsp3) is 0.333. The monoisotopic (exact) mass is 200 g/mol. The van der Waals surface area contributed by atoms with E-state index in [1.807, 2.05) is 0 Å². The lowest BCUT2D eigenvalue weighted by Crippen LogP contribution is -2.28. The molecule has 2 unspecified atom stereocenters. The van der Waals surface area contributed by atoms with Gasteiger partial charge in [0.05, 0.1) is 5.71 Å². The molecular formula is C12H12N2O. The third-order valence-corrected chi connectivity index (χ3v) is 3.11. The number of amides is 1. The highest BCUT2D eigenvalue weighted by atomic mass is 16.2. The minimum absolute atomic E-state index is 0.0795. The lowest BCUT2D eigenvalue weighted by molar-refractivity contribution is -0.122. The molecule has 1 heterocycles. The molecule has 1 N–H and O–H groups in total. The van der Waals surface area contributed by atoms with Crippen molar-refractivity contribution in [2.24, 2.45) is 16.9 Å². The number of carbonyl (C=O) groups excluding carboxylic acids is 1. The van der Waals surface area contributed by atoms with E-state index < -0.39 is 0 Å². The van der Waals surface area contributed by atoms with E-state index in [-0.39, 0.29) is 11.8 Å². The maximum absolute atomic E-state index is 11.2. The predicted octanol–water partition coefficient (Wildman–Crippen LogP) is 1.47. The zero-order chi connectivity index (χ0) is 10.4. The van der Waals surface area contributed by atoms with Crippen LogP contribution >= 0.6 is 0 Å². The van der Waals surface area contributed by atoms with Gasteiger partial charge in [-0.1, -0.05) is 29.8 Å². The van der Waals surface area contributed by atoms with Gasteiger partial charge in [0.1, 0.15) is 0 Å². The summed E-state index contributed by atoms with van der Waals surface area (Å²) in [5.41, 5.74) is 6.00. The normalized spacial score (nSPS) is 27.8. The summed E-state index contributed by atoms with van der Waals surface area (Å²) in [7, 11) is 0. The molecule has 3 rings (SSSR count). The molecule has 1 saturated carbocycles. The topological polar surface area (TPSA) is 41.5 Å². The van der Waals surface area contributed by atoms with Crippen LogP contribution in [0.1, 0.15) is 17.5 Å². The van der Waals surface area contributed by atoms with E-state index in [1.165, 1.54) is 5.56 Å². The van der Waals surface area contributed by atoms with E-state index in [0.29, 0.717) is 5.92 Å². The molecule has 0 spiro atoms. The van der Waals surface area contributed by atoms with E-state index >= 15 is 0 Å². The van der Waals surface area contributed by atoms with Gasteiger partial charge >= 0.3 is 0 Å². The number of hydrogen-bond acceptors (Lipinski definition) is 2. The van der Waals surface area contributed by atoms with Crippen molar-refractivity contribution in [2.75, 3.05) is 0 Å². The number of fused-ring (bicyclic) bond motifs is 1. The molecule has 0 bridgehead atoms. The van der Waals surface area contributed by atoms with Crippen LogP contribution in [0, 0.1) is 18.8 Å². The van der Waals surface area contributed by atoms with Crippen molar-refractivity contribution >= 4 is 11.6 Å². The second kappa shape index (κ2) is 2.92. The number of nitrogens with one attached hydrogen (secondary N) is 1. The van der Waals surface area contributed by atoms with Crippen LogP contribution < -0.4 is 5.43 Å². The molecule has 1 aromatic carbocycles. The van der Waals surface area contributed by atoms with Crippen LogP contribution in [-0.2, 0) is 4.79 Å². The summed E-state index contributed by atoms with van der Waals surface area (Å²) in [6.45, 7) is 2.06. The number of aryl methyl sites for hydroxylation is 1. The Bertz CT molecular complexity index is 447. The molecule has 2 aliphatic rings. The molecule has 3 nitrogen and oxygen atoms in total.